The summed E-state index contributed by atoms with van der Waals surface area (Å²) in [5, 5.41) is 14.9. The number of nitrogens with two attached hydrogens (primary N) is 2. The highest BCUT2D eigenvalue weighted by molar-refractivity contribution is 5.92. The number of aromatic nitrogens is 8. The number of fused-ring (bicyclic) bond motifs is 3. The Balaban J connectivity index is 1.30. The van der Waals surface area contributed by atoms with Crippen molar-refractivity contribution in [3.05, 3.63) is 103 Å². The van der Waals surface area contributed by atoms with Crippen molar-refractivity contribution < 1.29 is 19.5 Å². The lowest BCUT2D eigenvalue weighted by Crippen LogP contribution is -2.58. The third kappa shape index (κ3) is 6.32. The van der Waals surface area contributed by atoms with E-state index in [0.29, 0.717) is 9.13 Å². The van der Waals surface area contributed by atoms with Crippen LogP contribution >= 0.6 is 0 Å². The third-order valence-electron chi connectivity index (χ3n) is 7.92. The number of nitrogen functional groups attached to an aromatic ring is 1. The lowest BCUT2D eigenvalue weighted by atomic mass is 10.2. The van der Waals surface area contributed by atoms with Gasteiger partial charge in [0, 0.05) is 0 Å². The first-order chi connectivity index (χ1) is 23.9. The van der Waals surface area contributed by atoms with E-state index < -0.39 is 78.0 Å². The molecule has 9 N–H and O–H groups in total. The van der Waals surface area contributed by atoms with Crippen LogP contribution in [0.2, 0.25) is 0 Å². The van der Waals surface area contributed by atoms with Crippen LogP contribution in [0.4, 0.5) is 5.82 Å². The molecule has 0 bridgehead atoms. The van der Waals surface area contributed by atoms with E-state index in [1.54, 1.807) is 24.3 Å². The van der Waals surface area contributed by atoms with Crippen molar-refractivity contribution in [2.45, 2.75) is 37.8 Å². The number of amides is 2. The number of para-hydroxylation sites is 2. The van der Waals surface area contributed by atoms with Gasteiger partial charge in [-0.1, -0.05) is 24.3 Å². The Kier molecular flexibility index (Phi) is 8.75. The molecule has 0 aliphatic rings. The molecular weight excluding hydrogens is 656 g/mol. The number of anilines is 1. The quantitative estimate of drug-likeness (QED) is 0.0726. The number of carbonyl (C=O) groups excluding carboxylic acids is 2. The van der Waals surface area contributed by atoms with Gasteiger partial charge in [0.25, 0.3) is 11.1 Å². The van der Waals surface area contributed by atoms with Crippen LogP contribution in [0.15, 0.2) is 80.4 Å². The van der Waals surface area contributed by atoms with Crippen molar-refractivity contribution in [2.24, 2.45) is 5.73 Å². The maximum absolute atomic E-state index is 13.7. The summed E-state index contributed by atoms with van der Waals surface area (Å²) in [5.41, 5.74) is 9.49. The molecule has 0 fully saturated rings. The largest absolute Gasteiger partial charge is 0.480 e. The highest BCUT2D eigenvalue weighted by atomic mass is 16.4. The fourth-order valence-corrected chi connectivity index (χ4v) is 5.35. The normalized spacial score (nSPS) is 13.2. The molecule has 2 amide bonds. The van der Waals surface area contributed by atoms with Crippen molar-refractivity contribution in [2.75, 3.05) is 5.73 Å². The van der Waals surface area contributed by atoms with Crippen molar-refractivity contribution in [3.63, 3.8) is 0 Å². The molecule has 20 heteroatoms. The fourth-order valence-electron chi connectivity index (χ4n) is 5.35. The first-order valence-corrected chi connectivity index (χ1v) is 14.9. The van der Waals surface area contributed by atoms with E-state index in [0.717, 1.165) is 6.33 Å². The molecule has 50 heavy (non-hydrogen) atoms. The Hall–Kier alpha value is -6.96. The number of aliphatic carboxylic acids is 1. The van der Waals surface area contributed by atoms with Crippen molar-refractivity contribution in [3.8, 4) is 0 Å². The summed E-state index contributed by atoms with van der Waals surface area (Å²) in [6, 6.07) is 7.29. The van der Waals surface area contributed by atoms with Gasteiger partial charge in [-0.15, -0.1) is 0 Å². The van der Waals surface area contributed by atoms with Gasteiger partial charge in [-0.2, -0.15) is 0 Å². The molecule has 0 aliphatic heterocycles. The van der Waals surface area contributed by atoms with Crippen molar-refractivity contribution >= 4 is 56.6 Å². The molecule has 0 unspecified atom stereocenters. The van der Waals surface area contributed by atoms with Gasteiger partial charge >= 0.3 is 17.3 Å². The summed E-state index contributed by atoms with van der Waals surface area (Å²) < 4.78 is 2.69. The number of aromatic amines is 2. The number of nitrogens with one attached hydrogen (secondary N) is 4. The summed E-state index contributed by atoms with van der Waals surface area (Å²) in [4.78, 5) is 108. The predicted molar refractivity (Wildman–Crippen MR) is 177 cm³/mol. The van der Waals surface area contributed by atoms with Gasteiger partial charge in [0.2, 0.25) is 11.8 Å². The highest BCUT2D eigenvalue weighted by Crippen LogP contribution is 2.14. The summed E-state index contributed by atoms with van der Waals surface area (Å²) in [5.74, 6) is -3.62. The Morgan fingerprint density at radius 3 is 1.92 bits per heavy atom. The van der Waals surface area contributed by atoms with Crippen LogP contribution in [0, 0.1) is 0 Å². The van der Waals surface area contributed by atoms with Gasteiger partial charge in [0.15, 0.2) is 11.5 Å². The number of carbonyl (C=O) groups is 3. The zero-order valence-corrected chi connectivity index (χ0v) is 25.8. The first-order valence-electron chi connectivity index (χ1n) is 14.9. The smallest absolute Gasteiger partial charge is 0.328 e. The number of hydrogen-bond acceptors (Lipinski definition) is 12. The van der Waals surface area contributed by atoms with E-state index in [1.165, 1.54) is 35.2 Å². The third-order valence-corrected chi connectivity index (χ3v) is 7.92. The molecule has 6 rings (SSSR count). The number of hydrogen-bond donors (Lipinski definition) is 7. The Bertz CT molecular complexity index is 2550. The SMILES string of the molecule is Nc1ncnc2c1ncn2C[C@@H](NC(=O)[C@@H](Cn1c(=O)[nH]c2ccccc2c1=O)NC(=O)[C@H](N)Cn1c(=O)[nH]c2ccccc2c1=O)C(=O)O. The summed E-state index contributed by atoms with van der Waals surface area (Å²) in [6.45, 7) is -1.78. The van der Waals surface area contributed by atoms with Crippen LogP contribution in [0.5, 0.6) is 0 Å². The molecule has 0 saturated carbocycles. The van der Waals surface area contributed by atoms with Crippen molar-refractivity contribution in [1.29, 1.82) is 0 Å². The summed E-state index contributed by atoms with van der Waals surface area (Å²) in [7, 11) is 0. The molecule has 20 nitrogen and oxygen atoms in total. The maximum atomic E-state index is 13.7. The van der Waals surface area contributed by atoms with E-state index in [9.17, 15) is 38.7 Å². The van der Waals surface area contributed by atoms with Crippen LogP contribution in [-0.4, -0.2) is 79.6 Å². The molecule has 0 spiro atoms. The van der Waals surface area contributed by atoms with Crippen LogP contribution < -0.4 is 44.6 Å². The molecule has 6 aromatic rings. The average Bonchev–Trinajstić information content (AvgIpc) is 3.51. The molecule has 256 valence electrons. The van der Waals surface area contributed by atoms with Gasteiger partial charge in [-0.3, -0.25) is 28.3 Å². The van der Waals surface area contributed by atoms with Gasteiger partial charge < -0.3 is 41.7 Å². The van der Waals surface area contributed by atoms with Crippen LogP contribution in [0.3, 0.4) is 0 Å². The first kappa shape index (κ1) is 33.0. The second-order valence-electron chi connectivity index (χ2n) is 11.2. The molecular formula is C30H28N12O8. The van der Waals surface area contributed by atoms with Crippen LogP contribution in [0.1, 0.15) is 0 Å². The minimum absolute atomic E-state index is 0.0442. The monoisotopic (exact) mass is 684 g/mol. The number of rotatable bonds is 11. The van der Waals surface area contributed by atoms with Crippen LogP contribution in [-0.2, 0) is 34.0 Å². The lowest BCUT2D eigenvalue weighted by molar-refractivity contribution is -0.142. The summed E-state index contributed by atoms with van der Waals surface area (Å²) >= 11 is 0. The van der Waals surface area contributed by atoms with Gasteiger partial charge in [-0.25, -0.2) is 29.3 Å². The molecule has 3 atom stereocenters. The topological polar surface area (TPSA) is 301 Å². The van der Waals surface area contributed by atoms with E-state index >= 15 is 0 Å². The molecule has 0 aliphatic carbocycles. The number of H-pyrrole nitrogens is 2. The van der Waals surface area contributed by atoms with E-state index in [-0.39, 0.29) is 38.8 Å². The number of nitrogens with zero attached hydrogens (tertiary/aromatic N) is 6. The zero-order valence-electron chi connectivity index (χ0n) is 25.8. The van der Waals surface area contributed by atoms with E-state index in [1.807, 2.05) is 0 Å². The van der Waals surface area contributed by atoms with E-state index in [4.69, 9.17) is 11.5 Å². The second-order valence-corrected chi connectivity index (χ2v) is 11.2. The fraction of sp³-hybridized carbons (Fsp3) is 0.200. The maximum Gasteiger partial charge on any atom is 0.328 e. The minimum Gasteiger partial charge on any atom is -0.480 e. The zero-order chi connectivity index (χ0) is 35.7. The van der Waals surface area contributed by atoms with Gasteiger partial charge in [-0.05, 0) is 24.3 Å². The van der Waals surface area contributed by atoms with Gasteiger partial charge in [0.05, 0.1) is 47.8 Å². The summed E-state index contributed by atoms with van der Waals surface area (Å²) in [6.07, 6.45) is 2.40. The standard InChI is InChI=1S/C30H28N12O8/c31-16(9-41-26(45)14-5-1-3-7-17(14)38-29(41)49)24(43)36-19(11-42-27(46)15-6-2-4-8-18(15)39-30(42)50)25(44)37-20(28(47)48)10-40-13-35-21-22(32)33-12-34-23(21)40/h1-8,12-13,16,19-20H,9-11,31H2,(H,36,43)(H,37,44)(H,38,49)(H,39,50)(H,47,48)(H2,32,33,34)/t16-,19-,20-/m1/s1. The van der Waals surface area contributed by atoms with Gasteiger partial charge in [0.1, 0.15) is 30.0 Å². The Morgan fingerprint density at radius 1 is 0.760 bits per heavy atom. The molecule has 4 aromatic heterocycles. The molecule has 4 heterocycles. The lowest BCUT2D eigenvalue weighted by Gasteiger charge is -2.23. The Morgan fingerprint density at radius 2 is 1.32 bits per heavy atom. The number of benzene rings is 2. The molecule has 0 radical (unpaired) electrons. The minimum atomic E-state index is -1.76. The number of carboxylic acids is 1. The number of carboxylic acid groups (broad SMARTS) is 1. The number of imidazole rings is 1. The molecule has 0 saturated heterocycles. The van der Waals surface area contributed by atoms with Crippen LogP contribution in [0.25, 0.3) is 33.0 Å². The average molecular weight is 685 g/mol. The highest BCUT2D eigenvalue weighted by Gasteiger charge is 2.30. The predicted octanol–water partition coefficient (Wildman–Crippen LogP) is -2.80. The van der Waals surface area contributed by atoms with Crippen molar-refractivity contribution in [1.82, 2.24) is 49.3 Å². The second kappa shape index (κ2) is 13.3. The van der Waals surface area contributed by atoms with E-state index in [2.05, 4.69) is 35.6 Å². The Labute approximate surface area is 277 Å². The molecule has 2 aromatic carbocycles.